The van der Waals surface area contributed by atoms with Crippen molar-refractivity contribution in [3.8, 4) is 11.3 Å². The van der Waals surface area contributed by atoms with Crippen molar-refractivity contribution in [1.82, 2.24) is 15.3 Å². The van der Waals surface area contributed by atoms with Crippen LogP contribution in [-0.2, 0) is 0 Å². The normalized spacial score (nSPS) is 15.2. The molecule has 0 saturated carbocycles. The van der Waals surface area contributed by atoms with Crippen LogP contribution < -0.4 is 10.2 Å². The summed E-state index contributed by atoms with van der Waals surface area (Å²) < 4.78 is 0. The lowest BCUT2D eigenvalue weighted by Gasteiger charge is -2.27. The van der Waals surface area contributed by atoms with E-state index in [1.165, 1.54) is 10.8 Å². The molecule has 2 aromatic carbocycles. The highest BCUT2D eigenvalue weighted by molar-refractivity contribution is 5.86. The number of fused-ring (bicyclic) bond motifs is 1. The first kappa shape index (κ1) is 13.2. The van der Waals surface area contributed by atoms with Crippen molar-refractivity contribution in [2.45, 2.75) is 0 Å². The van der Waals surface area contributed by atoms with Gasteiger partial charge in [-0.1, -0.05) is 36.4 Å². The first-order valence-electron chi connectivity index (χ1n) is 7.68. The SMILES string of the molecule is c1ccc2cc(-c3ccnc(N4CCNCC4)n3)ccc2c1. The van der Waals surface area contributed by atoms with Gasteiger partial charge >= 0.3 is 0 Å². The van der Waals surface area contributed by atoms with Gasteiger partial charge in [-0.05, 0) is 22.9 Å². The Hall–Kier alpha value is -2.46. The van der Waals surface area contributed by atoms with E-state index >= 15 is 0 Å². The molecule has 4 heteroatoms. The number of anilines is 1. The number of hydrogen-bond acceptors (Lipinski definition) is 4. The lowest BCUT2D eigenvalue weighted by atomic mass is 10.1. The van der Waals surface area contributed by atoms with Crippen molar-refractivity contribution in [1.29, 1.82) is 0 Å². The Labute approximate surface area is 129 Å². The fraction of sp³-hybridized carbons (Fsp3) is 0.222. The molecule has 0 spiro atoms. The predicted molar refractivity (Wildman–Crippen MR) is 90.1 cm³/mol. The molecule has 110 valence electrons. The average molecular weight is 290 g/mol. The summed E-state index contributed by atoms with van der Waals surface area (Å²) in [5, 5.41) is 5.84. The molecular weight excluding hydrogens is 272 g/mol. The molecule has 4 nitrogen and oxygen atoms in total. The molecule has 0 bridgehead atoms. The second-order valence-electron chi connectivity index (χ2n) is 5.54. The van der Waals surface area contributed by atoms with Crippen LogP contribution in [0.1, 0.15) is 0 Å². The lowest BCUT2D eigenvalue weighted by molar-refractivity contribution is 0.580. The first-order valence-corrected chi connectivity index (χ1v) is 7.68. The molecule has 2 heterocycles. The van der Waals surface area contributed by atoms with E-state index in [1.807, 2.05) is 12.3 Å². The Morgan fingerprint density at radius 1 is 0.909 bits per heavy atom. The lowest BCUT2D eigenvalue weighted by Crippen LogP contribution is -2.44. The summed E-state index contributed by atoms with van der Waals surface area (Å²) in [5.41, 5.74) is 2.12. The number of piperazine rings is 1. The van der Waals surface area contributed by atoms with Crippen LogP contribution in [0.2, 0.25) is 0 Å². The summed E-state index contributed by atoms with van der Waals surface area (Å²) in [6, 6.07) is 16.9. The van der Waals surface area contributed by atoms with E-state index in [2.05, 4.69) is 57.7 Å². The molecule has 0 amide bonds. The van der Waals surface area contributed by atoms with Crippen molar-refractivity contribution in [3.63, 3.8) is 0 Å². The van der Waals surface area contributed by atoms with E-state index in [0.29, 0.717) is 0 Å². The van der Waals surface area contributed by atoms with E-state index < -0.39 is 0 Å². The van der Waals surface area contributed by atoms with Gasteiger partial charge in [0.1, 0.15) is 0 Å². The fourth-order valence-electron chi connectivity index (χ4n) is 2.88. The van der Waals surface area contributed by atoms with Crippen LogP contribution in [0.15, 0.2) is 54.7 Å². The highest BCUT2D eigenvalue weighted by Gasteiger charge is 2.13. The van der Waals surface area contributed by atoms with E-state index in [4.69, 9.17) is 4.98 Å². The summed E-state index contributed by atoms with van der Waals surface area (Å²) >= 11 is 0. The Kier molecular flexibility index (Phi) is 3.45. The van der Waals surface area contributed by atoms with Gasteiger partial charge in [0, 0.05) is 37.9 Å². The van der Waals surface area contributed by atoms with Gasteiger partial charge in [-0.2, -0.15) is 0 Å². The summed E-state index contributed by atoms with van der Waals surface area (Å²) in [4.78, 5) is 11.4. The monoisotopic (exact) mass is 290 g/mol. The second kappa shape index (κ2) is 5.73. The maximum Gasteiger partial charge on any atom is 0.225 e. The number of rotatable bonds is 2. The van der Waals surface area contributed by atoms with E-state index in [9.17, 15) is 0 Å². The predicted octanol–water partition coefficient (Wildman–Crippen LogP) is 2.71. The van der Waals surface area contributed by atoms with Gasteiger partial charge in [0.25, 0.3) is 0 Å². The number of hydrogen-bond donors (Lipinski definition) is 1. The van der Waals surface area contributed by atoms with Crippen LogP contribution >= 0.6 is 0 Å². The molecule has 1 saturated heterocycles. The third-order valence-corrected chi connectivity index (χ3v) is 4.09. The standard InChI is InChI=1S/C18H18N4/c1-2-4-15-13-16(6-5-14(15)3-1)17-7-8-20-18(21-17)22-11-9-19-10-12-22/h1-8,13,19H,9-12H2. The Morgan fingerprint density at radius 2 is 1.73 bits per heavy atom. The van der Waals surface area contributed by atoms with Gasteiger partial charge in [-0.25, -0.2) is 9.97 Å². The molecule has 1 aromatic heterocycles. The maximum absolute atomic E-state index is 4.76. The Bertz CT molecular complexity index is 794. The van der Waals surface area contributed by atoms with Crippen molar-refractivity contribution < 1.29 is 0 Å². The zero-order valence-corrected chi connectivity index (χ0v) is 12.4. The molecule has 3 aromatic rings. The van der Waals surface area contributed by atoms with Crippen molar-refractivity contribution >= 4 is 16.7 Å². The van der Waals surface area contributed by atoms with Crippen molar-refractivity contribution in [2.24, 2.45) is 0 Å². The minimum atomic E-state index is 0.826. The highest BCUT2D eigenvalue weighted by atomic mass is 15.3. The zero-order chi connectivity index (χ0) is 14.8. The molecule has 0 atom stereocenters. The molecule has 1 fully saturated rings. The van der Waals surface area contributed by atoms with Crippen molar-refractivity contribution in [3.05, 3.63) is 54.7 Å². The number of nitrogens with one attached hydrogen (secondary N) is 1. The maximum atomic E-state index is 4.76. The van der Waals surface area contributed by atoms with Crippen LogP contribution in [-0.4, -0.2) is 36.1 Å². The van der Waals surface area contributed by atoms with Gasteiger partial charge in [0.2, 0.25) is 5.95 Å². The second-order valence-corrected chi connectivity index (χ2v) is 5.54. The Balaban J connectivity index is 1.71. The topological polar surface area (TPSA) is 41.1 Å². The molecule has 22 heavy (non-hydrogen) atoms. The van der Waals surface area contributed by atoms with Crippen LogP contribution in [0.25, 0.3) is 22.0 Å². The fourth-order valence-corrected chi connectivity index (χ4v) is 2.88. The zero-order valence-electron chi connectivity index (χ0n) is 12.4. The molecule has 1 aliphatic heterocycles. The van der Waals surface area contributed by atoms with E-state index in [-0.39, 0.29) is 0 Å². The summed E-state index contributed by atoms with van der Waals surface area (Å²) in [5.74, 6) is 0.826. The highest BCUT2D eigenvalue weighted by Crippen LogP contribution is 2.24. The van der Waals surface area contributed by atoms with Crippen LogP contribution in [0.5, 0.6) is 0 Å². The smallest absolute Gasteiger partial charge is 0.225 e. The molecule has 0 radical (unpaired) electrons. The summed E-state index contributed by atoms with van der Waals surface area (Å²) in [6.45, 7) is 3.90. The number of aromatic nitrogens is 2. The van der Waals surface area contributed by atoms with Gasteiger partial charge in [-0.15, -0.1) is 0 Å². The van der Waals surface area contributed by atoms with Crippen molar-refractivity contribution in [2.75, 3.05) is 31.1 Å². The molecule has 1 aliphatic rings. The average Bonchev–Trinajstić information content (AvgIpc) is 2.62. The van der Waals surface area contributed by atoms with E-state index in [1.54, 1.807) is 0 Å². The largest absolute Gasteiger partial charge is 0.338 e. The molecular formula is C18H18N4. The number of nitrogens with zero attached hydrogens (tertiary/aromatic N) is 3. The molecule has 1 N–H and O–H groups in total. The molecule has 0 aliphatic carbocycles. The summed E-state index contributed by atoms with van der Waals surface area (Å²) in [6.07, 6.45) is 1.86. The van der Waals surface area contributed by atoms with Crippen LogP contribution in [0, 0.1) is 0 Å². The molecule has 0 unspecified atom stereocenters. The third kappa shape index (κ3) is 2.53. The van der Waals surface area contributed by atoms with Crippen LogP contribution in [0.4, 0.5) is 5.95 Å². The minimum absolute atomic E-state index is 0.826. The molecule has 4 rings (SSSR count). The van der Waals surface area contributed by atoms with Gasteiger partial charge in [0.05, 0.1) is 5.69 Å². The van der Waals surface area contributed by atoms with Crippen LogP contribution in [0.3, 0.4) is 0 Å². The van der Waals surface area contributed by atoms with E-state index in [0.717, 1.165) is 43.4 Å². The minimum Gasteiger partial charge on any atom is -0.338 e. The first-order chi connectivity index (χ1) is 10.9. The summed E-state index contributed by atoms with van der Waals surface area (Å²) in [7, 11) is 0. The number of benzene rings is 2. The van der Waals surface area contributed by atoms with Gasteiger partial charge < -0.3 is 10.2 Å². The quantitative estimate of drug-likeness (QED) is 0.788. The third-order valence-electron chi connectivity index (χ3n) is 4.09. The van der Waals surface area contributed by atoms with Gasteiger partial charge in [-0.3, -0.25) is 0 Å². The Morgan fingerprint density at radius 3 is 2.59 bits per heavy atom. The van der Waals surface area contributed by atoms with Gasteiger partial charge in [0.15, 0.2) is 0 Å².